The van der Waals surface area contributed by atoms with Crippen molar-refractivity contribution in [3.8, 4) is 23.1 Å². The smallest absolute Gasteiger partial charge is 0.270 e. The molecule has 0 saturated carbocycles. The molecule has 0 spiro atoms. The number of nitriles is 1. The molecule has 2 N–H and O–H groups in total. The third kappa shape index (κ3) is 4.59. The maximum atomic E-state index is 14.0. The summed E-state index contributed by atoms with van der Waals surface area (Å²) in [5.41, 5.74) is 3.08. The van der Waals surface area contributed by atoms with Crippen molar-refractivity contribution in [1.29, 1.82) is 5.26 Å². The number of aromatic nitrogens is 2. The number of rotatable bonds is 6. The zero-order valence-electron chi connectivity index (χ0n) is 15.2. The van der Waals surface area contributed by atoms with Crippen LogP contribution < -0.4 is 15.7 Å². The van der Waals surface area contributed by atoms with E-state index in [2.05, 4.69) is 20.5 Å². The molecule has 1 aromatic heterocycles. The van der Waals surface area contributed by atoms with Crippen LogP contribution in [0.3, 0.4) is 0 Å². The van der Waals surface area contributed by atoms with Gasteiger partial charge in [0.15, 0.2) is 11.6 Å². The summed E-state index contributed by atoms with van der Waals surface area (Å²) in [5.74, 6) is -0.608. The number of anilines is 1. The molecule has 0 saturated heterocycles. The van der Waals surface area contributed by atoms with Crippen molar-refractivity contribution in [3.05, 3.63) is 74.8 Å². The Labute approximate surface area is 170 Å². The molecule has 0 fully saturated rings. The van der Waals surface area contributed by atoms with Gasteiger partial charge in [0.25, 0.3) is 5.56 Å². The van der Waals surface area contributed by atoms with E-state index in [0.717, 1.165) is 0 Å². The van der Waals surface area contributed by atoms with E-state index in [9.17, 15) is 14.4 Å². The van der Waals surface area contributed by atoms with Crippen molar-refractivity contribution in [3.63, 3.8) is 0 Å². The Hall–Kier alpha value is -3.70. The number of hydrogen-bond donors (Lipinski definition) is 2. The van der Waals surface area contributed by atoms with Gasteiger partial charge in [0.1, 0.15) is 11.6 Å². The summed E-state index contributed by atoms with van der Waals surface area (Å²) >= 11 is 6.01. The Morgan fingerprint density at radius 2 is 2.14 bits per heavy atom. The third-order valence-electron chi connectivity index (χ3n) is 3.77. The second-order valence-corrected chi connectivity index (χ2v) is 6.14. The molecular formula is C20H15ClFN5O2. The number of nitrogens with zero attached hydrogens (tertiary/aromatic N) is 3. The van der Waals surface area contributed by atoms with Crippen LogP contribution in [0.15, 0.2) is 52.4 Å². The van der Waals surface area contributed by atoms with Gasteiger partial charge in [0.2, 0.25) is 5.95 Å². The lowest BCUT2D eigenvalue weighted by molar-refractivity contribution is 0.322. The Balaban J connectivity index is 1.87. The summed E-state index contributed by atoms with van der Waals surface area (Å²) in [7, 11) is 0. The maximum absolute atomic E-state index is 14.0. The minimum atomic E-state index is -0.614. The molecule has 1 heterocycles. The SMILES string of the molecule is CCOc1c(F)cc(C=NNc2nc(-c3ccccc3)c(C#N)c(=O)[nH]2)cc1Cl. The molecule has 0 amide bonds. The first kappa shape index (κ1) is 20.0. The predicted molar refractivity (Wildman–Crippen MR) is 109 cm³/mol. The van der Waals surface area contributed by atoms with Gasteiger partial charge in [-0.3, -0.25) is 9.78 Å². The predicted octanol–water partition coefficient (Wildman–Crippen LogP) is 3.95. The molecule has 29 heavy (non-hydrogen) atoms. The zero-order valence-corrected chi connectivity index (χ0v) is 16.0. The fourth-order valence-corrected chi connectivity index (χ4v) is 2.81. The average molecular weight is 412 g/mol. The van der Waals surface area contributed by atoms with Crippen molar-refractivity contribution in [2.24, 2.45) is 5.10 Å². The molecule has 0 atom stereocenters. The first-order chi connectivity index (χ1) is 14.0. The number of hydrazone groups is 1. The quantitative estimate of drug-likeness (QED) is 0.472. The van der Waals surface area contributed by atoms with E-state index >= 15 is 0 Å². The lowest BCUT2D eigenvalue weighted by atomic mass is 10.1. The van der Waals surface area contributed by atoms with Gasteiger partial charge in [-0.05, 0) is 24.6 Å². The fourth-order valence-electron chi connectivity index (χ4n) is 2.54. The number of ether oxygens (including phenoxy) is 1. The molecule has 0 aliphatic rings. The van der Waals surface area contributed by atoms with Crippen LogP contribution in [0.1, 0.15) is 18.1 Å². The summed E-state index contributed by atoms with van der Waals surface area (Å²) in [5, 5.41) is 13.3. The molecule has 0 bridgehead atoms. The molecule has 0 radical (unpaired) electrons. The average Bonchev–Trinajstić information content (AvgIpc) is 2.71. The van der Waals surface area contributed by atoms with Gasteiger partial charge in [0, 0.05) is 5.56 Å². The summed E-state index contributed by atoms with van der Waals surface area (Å²) in [6, 6.07) is 13.4. The highest BCUT2D eigenvalue weighted by atomic mass is 35.5. The molecule has 146 valence electrons. The highest BCUT2D eigenvalue weighted by Gasteiger charge is 2.13. The third-order valence-corrected chi connectivity index (χ3v) is 4.05. The Kier molecular flexibility index (Phi) is 6.22. The van der Waals surface area contributed by atoms with E-state index in [4.69, 9.17) is 16.3 Å². The van der Waals surface area contributed by atoms with Crippen molar-refractivity contribution >= 4 is 23.8 Å². The van der Waals surface area contributed by atoms with Gasteiger partial charge in [-0.25, -0.2) is 14.8 Å². The van der Waals surface area contributed by atoms with E-state index < -0.39 is 11.4 Å². The molecule has 2 aromatic carbocycles. The van der Waals surface area contributed by atoms with Crippen molar-refractivity contribution in [1.82, 2.24) is 9.97 Å². The van der Waals surface area contributed by atoms with Crippen molar-refractivity contribution in [2.45, 2.75) is 6.92 Å². The number of hydrogen-bond acceptors (Lipinski definition) is 6. The van der Waals surface area contributed by atoms with Crippen LogP contribution >= 0.6 is 11.6 Å². The monoisotopic (exact) mass is 411 g/mol. The second kappa shape index (κ2) is 8.99. The van der Waals surface area contributed by atoms with E-state index in [-0.39, 0.29) is 34.6 Å². The Morgan fingerprint density at radius 1 is 1.38 bits per heavy atom. The van der Waals surface area contributed by atoms with Crippen LogP contribution in [-0.4, -0.2) is 22.8 Å². The highest BCUT2D eigenvalue weighted by Crippen LogP contribution is 2.28. The molecule has 0 aliphatic carbocycles. The summed E-state index contributed by atoms with van der Waals surface area (Å²) < 4.78 is 19.2. The Bertz CT molecular complexity index is 1130. The van der Waals surface area contributed by atoms with Crippen LogP contribution in [0.4, 0.5) is 10.3 Å². The number of aromatic amines is 1. The second-order valence-electron chi connectivity index (χ2n) is 5.73. The van der Waals surface area contributed by atoms with Gasteiger partial charge < -0.3 is 4.74 Å². The van der Waals surface area contributed by atoms with Crippen LogP contribution in [0.5, 0.6) is 5.75 Å². The van der Waals surface area contributed by atoms with Gasteiger partial charge in [-0.1, -0.05) is 41.9 Å². The minimum absolute atomic E-state index is 0.0233. The van der Waals surface area contributed by atoms with Gasteiger partial charge in [0.05, 0.1) is 23.5 Å². The molecule has 0 aliphatic heterocycles. The topological polar surface area (TPSA) is 103 Å². The van der Waals surface area contributed by atoms with E-state index in [1.165, 1.54) is 18.3 Å². The van der Waals surface area contributed by atoms with Crippen LogP contribution in [-0.2, 0) is 0 Å². The van der Waals surface area contributed by atoms with E-state index in [1.807, 2.05) is 12.1 Å². The zero-order chi connectivity index (χ0) is 20.8. The standard InChI is InChI=1S/C20H15ClFN5O2/c1-2-29-18-15(21)8-12(9-16(18)22)11-24-27-20-25-17(13-6-4-3-5-7-13)14(10-23)19(28)26-20/h3-9,11H,2H2,1H3,(H2,25,26,27,28). The molecule has 3 aromatic rings. The van der Waals surface area contributed by atoms with Crippen molar-refractivity contribution in [2.75, 3.05) is 12.0 Å². The summed E-state index contributed by atoms with van der Waals surface area (Å²) in [6.45, 7) is 2.01. The molecule has 0 unspecified atom stereocenters. The number of nitrogens with one attached hydrogen (secondary N) is 2. The largest absolute Gasteiger partial charge is 0.489 e. The lowest BCUT2D eigenvalue weighted by Crippen LogP contribution is -2.16. The first-order valence-corrected chi connectivity index (χ1v) is 8.92. The van der Waals surface area contributed by atoms with Crippen LogP contribution in [0, 0.1) is 17.1 Å². The maximum Gasteiger partial charge on any atom is 0.270 e. The van der Waals surface area contributed by atoms with Crippen LogP contribution in [0.25, 0.3) is 11.3 Å². The highest BCUT2D eigenvalue weighted by molar-refractivity contribution is 6.32. The molecule has 9 heteroatoms. The van der Waals surface area contributed by atoms with Crippen molar-refractivity contribution < 1.29 is 9.13 Å². The number of H-pyrrole nitrogens is 1. The molecular weight excluding hydrogens is 397 g/mol. The van der Waals surface area contributed by atoms with Gasteiger partial charge in [-0.2, -0.15) is 10.4 Å². The minimum Gasteiger partial charge on any atom is -0.489 e. The summed E-state index contributed by atoms with van der Waals surface area (Å²) in [4.78, 5) is 18.9. The lowest BCUT2D eigenvalue weighted by Gasteiger charge is -2.08. The van der Waals surface area contributed by atoms with Gasteiger partial charge in [-0.15, -0.1) is 0 Å². The fraction of sp³-hybridized carbons (Fsp3) is 0.100. The van der Waals surface area contributed by atoms with Crippen LogP contribution in [0.2, 0.25) is 5.02 Å². The normalized spacial score (nSPS) is 10.7. The summed E-state index contributed by atoms with van der Waals surface area (Å²) in [6.07, 6.45) is 1.31. The first-order valence-electron chi connectivity index (χ1n) is 8.54. The molecule has 3 rings (SSSR count). The van der Waals surface area contributed by atoms with E-state index in [1.54, 1.807) is 31.2 Å². The molecule has 7 nitrogen and oxygen atoms in total. The Morgan fingerprint density at radius 3 is 2.79 bits per heavy atom. The number of halogens is 2. The van der Waals surface area contributed by atoms with E-state index in [0.29, 0.717) is 11.1 Å². The number of benzene rings is 2. The van der Waals surface area contributed by atoms with Gasteiger partial charge >= 0.3 is 0 Å².